The molecule has 0 fully saturated rings. The fourth-order valence-corrected chi connectivity index (χ4v) is 1.92. The Hall–Kier alpha value is -2.66. The third kappa shape index (κ3) is 5.23. The van der Waals surface area contributed by atoms with E-state index in [9.17, 15) is 4.79 Å². The molecule has 0 unspecified atom stereocenters. The minimum Gasteiger partial charge on any atom is -0.490 e. The lowest BCUT2D eigenvalue weighted by Crippen LogP contribution is -2.14. The zero-order valence-corrected chi connectivity index (χ0v) is 13.2. The molecule has 1 aromatic carbocycles. The number of esters is 1. The fraction of sp³-hybridized carbons (Fsp3) is 0.222. The molecule has 23 heavy (non-hydrogen) atoms. The van der Waals surface area contributed by atoms with E-state index in [0.717, 1.165) is 11.1 Å². The Morgan fingerprint density at radius 2 is 1.83 bits per heavy atom. The summed E-state index contributed by atoms with van der Waals surface area (Å²) in [6.07, 6.45) is 7.41. The molecule has 0 radical (unpaired) electrons. The van der Waals surface area contributed by atoms with Gasteiger partial charge in [-0.15, -0.1) is 0 Å². The first kappa shape index (κ1) is 16.7. The zero-order valence-electron chi connectivity index (χ0n) is 13.2. The molecule has 0 amide bonds. The Morgan fingerprint density at radius 1 is 1.09 bits per heavy atom. The van der Waals surface area contributed by atoms with E-state index in [1.165, 1.54) is 7.11 Å². The third-order valence-electron chi connectivity index (χ3n) is 2.93. The molecule has 5 heteroatoms. The summed E-state index contributed by atoms with van der Waals surface area (Å²) >= 11 is 0. The first-order valence-corrected chi connectivity index (χ1v) is 7.27. The molecule has 0 aliphatic heterocycles. The smallest absolute Gasteiger partial charge is 0.337 e. The van der Waals surface area contributed by atoms with Crippen LogP contribution in [-0.4, -0.2) is 31.3 Å². The molecule has 1 heterocycles. The molecule has 2 rings (SSSR count). The summed E-state index contributed by atoms with van der Waals surface area (Å²) in [6, 6.07) is 9.23. The fourth-order valence-electron chi connectivity index (χ4n) is 1.92. The number of carbonyl (C=O) groups excluding carboxylic acids is 1. The van der Waals surface area contributed by atoms with Gasteiger partial charge in [0.2, 0.25) is 0 Å². The summed E-state index contributed by atoms with van der Waals surface area (Å²) in [6.45, 7) is 2.25. The van der Waals surface area contributed by atoms with Gasteiger partial charge >= 0.3 is 5.97 Å². The second-order valence-electron chi connectivity index (χ2n) is 4.66. The van der Waals surface area contributed by atoms with Gasteiger partial charge in [0.1, 0.15) is 6.61 Å². The second-order valence-corrected chi connectivity index (χ2v) is 4.66. The van der Waals surface area contributed by atoms with Gasteiger partial charge in [-0.3, -0.25) is 4.98 Å². The van der Waals surface area contributed by atoms with Crippen molar-refractivity contribution in [3.05, 3.63) is 53.9 Å². The van der Waals surface area contributed by atoms with Crippen LogP contribution in [0.5, 0.6) is 11.5 Å². The molecule has 0 aliphatic rings. The molecule has 120 valence electrons. The van der Waals surface area contributed by atoms with Crippen molar-refractivity contribution < 1.29 is 19.0 Å². The molecule has 0 atom stereocenters. The number of hydrogen-bond donors (Lipinski definition) is 0. The van der Waals surface area contributed by atoms with Crippen LogP contribution in [0.3, 0.4) is 0 Å². The first-order chi connectivity index (χ1) is 11.2. The molecule has 5 nitrogen and oxygen atoms in total. The van der Waals surface area contributed by atoms with Gasteiger partial charge in [-0.25, -0.2) is 4.79 Å². The Bertz CT molecular complexity index is 668. The quantitative estimate of drug-likeness (QED) is 0.580. The predicted octanol–water partition coefficient (Wildman–Crippen LogP) is 3.20. The Morgan fingerprint density at radius 3 is 2.52 bits per heavy atom. The van der Waals surface area contributed by atoms with Gasteiger partial charge in [-0.2, -0.15) is 0 Å². The molecule has 0 saturated heterocycles. The van der Waals surface area contributed by atoms with Crippen molar-refractivity contribution in [2.45, 2.75) is 6.92 Å². The number of aromatic nitrogens is 1. The highest BCUT2D eigenvalue weighted by atomic mass is 16.6. The molecule has 1 aromatic heterocycles. The number of methoxy groups -OCH3 is 1. The summed E-state index contributed by atoms with van der Waals surface area (Å²) in [7, 11) is 1.44. The number of carbonyl (C=O) groups is 1. The van der Waals surface area contributed by atoms with Crippen LogP contribution in [0.15, 0.2) is 42.7 Å². The van der Waals surface area contributed by atoms with Crippen LogP contribution < -0.4 is 9.47 Å². The lowest BCUT2D eigenvalue weighted by molar-refractivity contribution is -0.138. The van der Waals surface area contributed by atoms with Gasteiger partial charge in [0.05, 0.1) is 6.61 Å². The highest BCUT2D eigenvalue weighted by Gasteiger charge is 2.10. The normalized spacial score (nSPS) is 10.7. The van der Waals surface area contributed by atoms with Gasteiger partial charge in [-0.05, 0) is 42.3 Å². The van der Waals surface area contributed by atoms with Gasteiger partial charge in [0.15, 0.2) is 11.5 Å². The van der Waals surface area contributed by atoms with E-state index in [2.05, 4.69) is 4.98 Å². The van der Waals surface area contributed by atoms with Crippen LogP contribution in [0.2, 0.25) is 0 Å². The van der Waals surface area contributed by atoms with Crippen LogP contribution in [0.25, 0.3) is 12.2 Å². The van der Waals surface area contributed by atoms with Crippen molar-refractivity contribution in [1.82, 2.24) is 4.98 Å². The number of hydrogen-bond acceptors (Lipinski definition) is 5. The average Bonchev–Trinajstić information content (AvgIpc) is 2.56. The first-order valence-electron chi connectivity index (χ1n) is 7.27. The Balaban J connectivity index is 2.18. The molecule has 0 N–H and O–H groups in total. The number of benzene rings is 1. The minimum absolute atomic E-state index is 0.102. The van der Waals surface area contributed by atoms with E-state index < -0.39 is 5.97 Å². The molecule has 0 spiro atoms. The van der Waals surface area contributed by atoms with Crippen LogP contribution in [-0.2, 0) is 9.53 Å². The van der Waals surface area contributed by atoms with Crippen molar-refractivity contribution in [3.8, 4) is 11.5 Å². The summed E-state index contributed by atoms with van der Waals surface area (Å²) in [5.41, 5.74) is 1.99. The predicted molar refractivity (Wildman–Crippen MR) is 88.3 cm³/mol. The average molecular weight is 313 g/mol. The molecule has 0 saturated carbocycles. The molecule has 0 aliphatic carbocycles. The number of rotatable bonds is 7. The van der Waals surface area contributed by atoms with E-state index in [1.807, 2.05) is 43.3 Å². The third-order valence-corrected chi connectivity index (χ3v) is 2.93. The number of ether oxygens (including phenoxy) is 3. The van der Waals surface area contributed by atoms with Crippen molar-refractivity contribution in [2.75, 3.05) is 20.3 Å². The van der Waals surface area contributed by atoms with E-state index in [-0.39, 0.29) is 6.61 Å². The van der Waals surface area contributed by atoms with Crippen LogP contribution in [0, 0.1) is 0 Å². The summed E-state index contributed by atoms with van der Waals surface area (Å²) < 4.78 is 15.5. The van der Waals surface area contributed by atoms with Crippen LogP contribution >= 0.6 is 0 Å². The molecule has 2 aromatic rings. The van der Waals surface area contributed by atoms with Crippen molar-refractivity contribution >= 4 is 18.1 Å². The van der Waals surface area contributed by atoms with E-state index in [1.54, 1.807) is 18.5 Å². The number of pyridine rings is 1. The standard InChI is InChI=1S/C18H19NO4/c1-3-22-17-12-15(5-4-14-8-10-19-11-9-14)6-7-16(17)23-18(20)13-21-2/h4-12H,3,13H2,1-2H3/b5-4+. The Kier molecular flexibility index (Phi) is 6.32. The van der Waals surface area contributed by atoms with Gasteiger partial charge in [0, 0.05) is 19.5 Å². The lowest BCUT2D eigenvalue weighted by Gasteiger charge is -2.11. The Labute approximate surface area is 135 Å². The maximum atomic E-state index is 11.5. The van der Waals surface area contributed by atoms with E-state index in [0.29, 0.717) is 18.1 Å². The van der Waals surface area contributed by atoms with Crippen LogP contribution in [0.1, 0.15) is 18.1 Å². The number of nitrogens with zero attached hydrogens (tertiary/aromatic N) is 1. The topological polar surface area (TPSA) is 57.7 Å². The SMILES string of the molecule is CCOc1cc(/C=C/c2ccncc2)ccc1OC(=O)COC. The molecular weight excluding hydrogens is 294 g/mol. The summed E-state index contributed by atoms with van der Waals surface area (Å²) in [5.74, 6) is 0.442. The largest absolute Gasteiger partial charge is 0.490 e. The maximum Gasteiger partial charge on any atom is 0.337 e. The molecular formula is C18H19NO4. The van der Waals surface area contributed by atoms with Crippen molar-refractivity contribution in [3.63, 3.8) is 0 Å². The monoisotopic (exact) mass is 313 g/mol. The summed E-state index contributed by atoms with van der Waals surface area (Å²) in [5, 5.41) is 0. The minimum atomic E-state index is -0.464. The van der Waals surface area contributed by atoms with Gasteiger partial charge in [0.25, 0.3) is 0 Å². The zero-order chi connectivity index (χ0) is 16.5. The van der Waals surface area contributed by atoms with E-state index in [4.69, 9.17) is 14.2 Å². The van der Waals surface area contributed by atoms with Crippen molar-refractivity contribution in [2.24, 2.45) is 0 Å². The van der Waals surface area contributed by atoms with Gasteiger partial charge in [-0.1, -0.05) is 18.2 Å². The van der Waals surface area contributed by atoms with Crippen LogP contribution in [0.4, 0.5) is 0 Å². The van der Waals surface area contributed by atoms with Crippen molar-refractivity contribution in [1.29, 1.82) is 0 Å². The lowest BCUT2D eigenvalue weighted by atomic mass is 10.1. The second kappa shape index (κ2) is 8.70. The highest BCUT2D eigenvalue weighted by molar-refractivity contribution is 5.75. The van der Waals surface area contributed by atoms with Gasteiger partial charge < -0.3 is 14.2 Å². The summed E-state index contributed by atoms with van der Waals surface area (Å²) in [4.78, 5) is 15.5. The van der Waals surface area contributed by atoms with E-state index >= 15 is 0 Å². The maximum absolute atomic E-state index is 11.5. The highest BCUT2D eigenvalue weighted by Crippen LogP contribution is 2.29. The molecule has 0 bridgehead atoms.